The lowest BCUT2D eigenvalue weighted by Gasteiger charge is -2.20. The maximum atomic E-state index is 11.6. The van der Waals surface area contributed by atoms with Gasteiger partial charge < -0.3 is 15.3 Å². The van der Waals surface area contributed by atoms with Crippen molar-refractivity contribution < 1.29 is 14.7 Å². The Bertz CT molecular complexity index is 267. The number of rotatable bonds is 8. The number of hydrogen-bond acceptors (Lipinski definition) is 2. The minimum atomic E-state index is -0.883. The van der Waals surface area contributed by atoms with E-state index in [4.69, 9.17) is 5.11 Å². The van der Waals surface area contributed by atoms with E-state index in [1.54, 1.807) is 14.0 Å². The molecular weight excluding hydrogens is 232 g/mol. The zero-order chi connectivity index (χ0) is 14.1. The van der Waals surface area contributed by atoms with E-state index in [0.717, 1.165) is 12.8 Å². The van der Waals surface area contributed by atoms with Gasteiger partial charge >= 0.3 is 12.0 Å². The molecule has 0 aliphatic heterocycles. The van der Waals surface area contributed by atoms with Crippen LogP contribution in [-0.2, 0) is 4.79 Å². The van der Waals surface area contributed by atoms with Gasteiger partial charge in [0.1, 0.15) is 0 Å². The number of aliphatic carboxylic acids is 1. The third-order valence-electron chi connectivity index (χ3n) is 2.80. The van der Waals surface area contributed by atoms with Gasteiger partial charge in [-0.3, -0.25) is 4.79 Å². The third-order valence-corrected chi connectivity index (χ3v) is 2.80. The topological polar surface area (TPSA) is 69.6 Å². The Balaban J connectivity index is 3.71. The molecule has 2 N–H and O–H groups in total. The second kappa shape index (κ2) is 8.78. The highest BCUT2D eigenvalue weighted by Crippen LogP contribution is 2.05. The molecule has 0 radical (unpaired) electrons. The standard InChI is InChI=1S/C13H26N2O3/c1-10(2)7-5-6-8-14-13(18)15(4)9-11(3)12(16)17/h10-11H,5-9H2,1-4H3,(H,14,18)(H,16,17). The fourth-order valence-electron chi connectivity index (χ4n) is 1.58. The molecule has 0 aromatic carbocycles. The average molecular weight is 258 g/mol. The van der Waals surface area contributed by atoms with Gasteiger partial charge in [0, 0.05) is 20.1 Å². The molecule has 0 aromatic rings. The predicted molar refractivity (Wildman–Crippen MR) is 71.5 cm³/mol. The van der Waals surface area contributed by atoms with E-state index in [1.165, 1.54) is 11.3 Å². The van der Waals surface area contributed by atoms with Gasteiger partial charge in [-0.25, -0.2) is 4.79 Å². The number of carboxylic acids is 1. The summed E-state index contributed by atoms with van der Waals surface area (Å²) in [6, 6.07) is -0.201. The first-order chi connectivity index (χ1) is 8.34. The summed E-state index contributed by atoms with van der Waals surface area (Å²) in [6.07, 6.45) is 3.24. The molecule has 1 atom stereocenters. The Morgan fingerprint density at radius 2 is 1.83 bits per heavy atom. The van der Waals surface area contributed by atoms with Crippen LogP contribution >= 0.6 is 0 Å². The predicted octanol–water partition coefficient (Wildman–Crippen LogP) is 2.17. The van der Waals surface area contributed by atoms with Crippen LogP contribution in [0.25, 0.3) is 0 Å². The largest absolute Gasteiger partial charge is 0.481 e. The van der Waals surface area contributed by atoms with E-state index in [0.29, 0.717) is 12.5 Å². The second-order valence-electron chi connectivity index (χ2n) is 5.24. The van der Waals surface area contributed by atoms with Gasteiger partial charge in [-0.2, -0.15) is 0 Å². The lowest BCUT2D eigenvalue weighted by Crippen LogP contribution is -2.41. The van der Waals surface area contributed by atoms with Crippen molar-refractivity contribution in [2.24, 2.45) is 11.8 Å². The highest BCUT2D eigenvalue weighted by molar-refractivity contribution is 5.75. The molecule has 0 spiro atoms. The Morgan fingerprint density at radius 1 is 1.22 bits per heavy atom. The summed E-state index contributed by atoms with van der Waals surface area (Å²) in [7, 11) is 1.61. The summed E-state index contributed by atoms with van der Waals surface area (Å²) >= 11 is 0. The van der Waals surface area contributed by atoms with E-state index in [1.807, 2.05) is 0 Å². The van der Waals surface area contributed by atoms with Crippen LogP contribution in [-0.4, -0.2) is 42.1 Å². The number of carboxylic acid groups (broad SMARTS) is 1. The Hall–Kier alpha value is -1.26. The molecule has 2 amide bonds. The number of urea groups is 1. The zero-order valence-corrected chi connectivity index (χ0v) is 11.9. The first-order valence-corrected chi connectivity index (χ1v) is 6.56. The molecule has 5 nitrogen and oxygen atoms in total. The smallest absolute Gasteiger partial charge is 0.317 e. The van der Waals surface area contributed by atoms with Gasteiger partial charge in [-0.05, 0) is 12.3 Å². The molecule has 0 aliphatic carbocycles. The van der Waals surface area contributed by atoms with Crippen LogP contribution in [0.5, 0.6) is 0 Å². The van der Waals surface area contributed by atoms with Gasteiger partial charge in [0.15, 0.2) is 0 Å². The van der Waals surface area contributed by atoms with E-state index in [2.05, 4.69) is 19.2 Å². The molecule has 0 saturated heterocycles. The van der Waals surface area contributed by atoms with Crippen molar-refractivity contribution in [1.29, 1.82) is 0 Å². The molecule has 5 heteroatoms. The van der Waals surface area contributed by atoms with Crippen LogP contribution in [0.1, 0.15) is 40.0 Å². The SMILES string of the molecule is CC(C)CCCCNC(=O)N(C)CC(C)C(=O)O. The van der Waals surface area contributed by atoms with Crippen LogP contribution in [0, 0.1) is 11.8 Å². The summed E-state index contributed by atoms with van der Waals surface area (Å²) in [5.41, 5.74) is 0. The molecule has 0 heterocycles. The maximum Gasteiger partial charge on any atom is 0.317 e. The van der Waals surface area contributed by atoms with E-state index in [-0.39, 0.29) is 12.6 Å². The number of carbonyl (C=O) groups is 2. The summed E-state index contributed by atoms with van der Waals surface area (Å²) in [6.45, 7) is 6.83. The van der Waals surface area contributed by atoms with Crippen LogP contribution in [0.2, 0.25) is 0 Å². The molecule has 0 aromatic heterocycles. The number of unbranched alkanes of at least 4 members (excludes halogenated alkanes) is 1. The van der Waals surface area contributed by atoms with Crippen molar-refractivity contribution in [2.75, 3.05) is 20.1 Å². The normalized spacial score (nSPS) is 12.3. The zero-order valence-electron chi connectivity index (χ0n) is 11.9. The maximum absolute atomic E-state index is 11.6. The second-order valence-corrected chi connectivity index (χ2v) is 5.24. The fourth-order valence-corrected chi connectivity index (χ4v) is 1.58. The van der Waals surface area contributed by atoms with Crippen LogP contribution < -0.4 is 5.32 Å². The Labute approximate surface area is 110 Å². The molecular formula is C13H26N2O3. The minimum Gasteiger partial charge on any atom is -0.481 e. The molecule has 106 valence electrons. The minimum absolute atomic E-state index is 0.201. The summed E-state index contributed by atoms with van der Waals surface area (Å²) in [5, 5.41) is 11.5. The molecule has 0 fully saturated rings. The van der Waals surface area contributed by atoms with Crippen molar-refractivity contribution in [1.82, 2.24) is 10.2 Å². The van der Waals surface area contributed by atoms with E-state index in [9.17, 15) is 9.59 Å². The fraction of sp³-hybridized carbons (Fsp3) is 0.846. The molecule has 1 unspecified atom stereocenters. The Morgan fingerprint density at radius 3 is 2.33 bits per heavy atom. The van der Waals surface area contributed by atoms with E-state index < -0.39 is 11.9 Å². The van der Waals surface area contributed by atoms with Crippen molar-refractivity contribution in [3.63, 3.8) is 0 Å². The van der Waals surface area contributed by atoms with Gasteiger partial charge in [0.05, 0.1) is 5.92 Å². The lowest BCUT2D eigenvalue weighted by molar-refractivity contribution is -0.141. The first kappa shape index (κ1) is 16.7. The van der Waals surface area contributed by atoms with E-state index >= 15 is 0 Å². The quantitative estimate of drug-likeness (QED) is 0.656. The molecule has 18 heavy (non-hydrogen) atoms. The van der Waals surface area contributed by atoms with Crippen molar-refractivity contribution in [3.05, 3.63) is 0 Å². The highest BCUT2D eigenvalue weighted by atomic mass is 16.4. The van der Waals surface area contributed by atoms with Crippen LogP contribution in [0.4, 0.5) is 4.79 Å². The monoisotopic (exact) mass is 258 g/mol. The average Bonchev–Trinajstić information content (AvgIpc) is 2.27. The van der Waals surface area contributed by atoms with Gasteiger partial charge in [-0.1, -0.05) is 33.6 Å². The van der Waals surface area contributed by atoms with Crippen molar-refractivity contribution in [2.45, 2.75) is 40.0 Å². The lowest BCUT2D eigenvalue weighted by atomic mass is 10.1. The molecule has 0 rings (SSSR count). The number of amides is 2. The van der Waals surface area contributed by atoms with Crippen molar-refractivity contribution in [3.8, 4) is 0 Å². The third kappa shape index (κ3) is 7.92. The summed E-state index contributed by atoms with van der Waals surface area (Å²) in [5.74, 6) is -0.729. The number of nitrogens with one attached hydrogen (secondary N) is 1. The number of carbonyl (C=O) groups excluding carboxylic acids is 1. The number of hydrogen-bond donors (Lipinski definition) is 2. The van der Waals surface area contributed by atoms with Gasteiger partial charge in [-0.15, -0.1) is 0 Å². The van der Waals surface area contributed by atoms with Gasteiger partial charge in [0.2, 0.25) is 0 Å². The number of nitrogens with zero attached hydrogens (tertiary/aromatic N) is 1. The van der Waals surface area contributed by atoms with Crippen molar-refractivity contribution >= 4 is 12.0 Å². The molecule has 0 saturated carbocycles. The highest BCUT2D eigenvalue weighted by Gasteiger charge is 2.16. The summed E-state index contributed by atoms with van der Waals surface area (Å²) in [4.78, 5) is 23.7. The molecule has 0 aliphatic rings. The summed E-state index contributed by atoms with van der Waals surface area (Å²) < 4.78 is 0. The van der Waals surface area contributed by atoms with Gasteiger partial charge in [0.25, 0.3) is 0 Å². The van der Waals surface area contributed by atoms with Crippen LogP contribution in [0.3, 0.4) is 0 Å². The molecule has 0 bridgehead atoms. The first-order valence-electron chi connectivity index (χ1n) is 6.56. The Kier molecular flexibility index (Phi) is 8.16. The van der Waals surface area contributed by atoms with Crippen LogP contribution in [0.15, 0.2) is 0 Å².